The molecule has 4 nitrogen and oxygen atoms in total. The van der Waals surface area contributed by atoms with Gasteiger partial charge in [-0.3, -0.25) is 0 Å². The van der Waals surface area contributed by atoms with Crippen molar-refractivity contribution in [1.82, 2.24) is 10.1 Å². The maximum atomic E-state index is 5.95. The molecule has 1 heterocycles. The van der Waals surface area contributed by atoms with Crippen LogP contribution in [0.3, 0.4) is 0 Å². The van der Waals surface area contributed by atoms with Gasteiger partial charge in [0.1, 0.15) is 0 Å². The van der Waals surface area contributed by atoms with Crippen LogP contribution in [0.5, 0.6) is 0 Å². The third-order valence-corrected chi connectivity index (χ3v) is 2.36. The maximum absolute atomic E-state index is 5.95. The second-order valence-electron chi connectivity index (χ2n) is 3.76. The molecule has 0 saturated carbocycles. The van der Waals surface area contributed by atoms with Gasteiger partial charge < -0.3 is 10.3 Å². The van der Waals surface area contributed by atoms with Gasteiger partial charge in [0.05, 0.1) is 6.04 Å². The van der Waals surface area contributed by atoms with Gasteiger partial charge in [0.25, 0.3) is 5.89 Å². The fraction of sp³-hybridized carbons (Fsp3) is 0.273. The minimum absolute atomic E-state index is 0.238. The smallest absolute Gasteiger partial charge is 0.258 e. The summed E-state index contributed by atoms with van der Waals surface area (Å²) in [5.74, 6) is 0.936. The number of benzene rings is 1. The van der Waals surface area contributed by atoms with E-state index in [9.17, 15) is 0 Å². The molecule has 2 N–H and O–H groups in total. The van der Waals surface area contributed by atoms with Gasteiger partial charge in [-0.15, -0.1) is 0 Å². The van der Waals surface area contributed by atoms with Crippen LogP contribution in [-0.4, -0.2) is 10.1 Å². The molecule has 0 spiro atoms. The van der Waals surface area contributed by atoms with Crippen LogP contribution < -0.4 is 5.73 Å². The Kier molecular flexibility index (Phi) is 2.94. The number of hydrogen-bond acceptors (Lipinski definition) is 4. The van der Waals surface area contributed by atoms with Crippen LogP contribution in [0.2, 0.25) is 5.02 Å². The third-order valence-electron chi connectivity index (χ3n) is 2.14. The number of nitrogens with zero attached hydrogens (tertiary/aromatic N) is 2. The van der Waals surface area contributed by atoms with E-state index in [0.29, 0.717) is 16.7 Å². The average molecular weight is 238 g/mol. The molecule has 0 radical (unpaired) electrons. The summed E-state index contributed by atoms with van der Waals surface area (Å²) in [6.45, 7) is 3.76. The van der Waals surface area contributed by atoms with Crippen molar-refractivity contribution in [3.63, 3.8) is 0 Å². The van der Waals surface area contributed by atoms with Crippen LogP contribution in [0.25, 0.3) is 11.5 Å². The van der Waals surface area contributed by atoms with Crippen LogP contribution in [0.4, 0.5) is 0 Å². The summed E-state index contributed by atoms with van der Waals surface area (Å²) in [6, 6.07) is 5.35. The molecule has 0 aliphatic rings. The topological polar surface area (TPSA) is 64.9 Å². The summed E-state index contributed by atoms with van der Waals surface area (Å²) >= 11 is 5.95. The highest BCUT2D eigenvalue weighted by molar-refractivity contribution is 6.30. The van der Waals surface area contributed by atoms with E-state index in [2.05, 4.69) is 10.1 Å². The molecule has 1 unspecified atom stereocenters. The van der Waals surface area contributed by atoms with Gasteiger partial charge in [0, 0.05) is 10.6 Å². The molecule has 5 heteroatoms. The average Bonchev–Trinajstić information content (AvgIpc) is 2.64. The Hall–Kier alpha value is -1.39. The van der Waals surface area contributed by atoms with E-state index in [1.807, 2.05) is 19.1 Å². The second kappa shape index (κ2) is 4.23. The lowest BCUT2D eigenvalue weighted by molar-refractivity contribution is 0.418. The quantitative estimate of drug-likeness (QED) is 0.872. The van der Waals surface area contributed by atoms with Gasteiger partial charge in [-0.05, 0) is 37.6 Å². The molecule has 0 aliphatic heterocycles. The fourth-order valence-electron chi connectivity index (χ4n) is 1.40. The standard InChI is InChI=1S/C11H12ClN3O/c1-6-3-8(5-9(12)4-6)11-14-10(7(2)13)15-16-11/h3-5,7H,13H2,1-2H3. The molecule has 1 aromatic carbocycles. The van der Waals surface area contributed by atoms with Gasteiger partial charge in [-0.25, -0.2) is 0 Å². The normalized spacial score (nSPS) is 12.8. The summed E-state index contributed by atoms with van der Waals surface area (Å²) < 4.78 is 5.12. The van der Waals surface area contributed by atoms with Crippen molar-refractivity contribution in [2.24, 2.45) is 5.73 Å². The van der Waals surface area contributed by atoms with Crippen molar-refractivity contribution < 1.29 is 4.52 Å². The van der Waals surface area contributed by atoms with E-state index >= 15 is 0 Å². The second-order valence-corrected chi connectivity index (χ2v) is 4.20. The molecular weight excluding hydrogens is 226 g/mol. The van der Waals surface area contributed by atoms with Gasteiger partial charge in [-0.1, -0.05) is 16.8 Å². The number of halogens is 1. The lowest BCUT2D eigenvalue weighted by atomic mass is 10.1. The summed E-state index contributed by atoms with van der Waals surface area (Å²) in [5, 5.41) is 4.45. The zero-order valence-electron chi connectivity index (χ0n) is 9.07. The van der Waals surface area contributed by atoms with Crippen LogP contribution in [-0.2, 0) is 0 Å². The summed E-state index contributed by atoms with van der Waals surface area (Å²) in [6.07, 6.45) is 0. The molecule has 0 bridgehead atoms. The summed E-state index contributed by atoms with van der Waals surface area (Å²) in [7, 11) is 0. The first-order chi connectivity index (χ1) is 7.56. The largest absolute Gasteiger partial charge is 0.334 e. The van der Waals surface area contributed by atoms with E-state index < -0.39 is 0 Å². The predicted octanol–water partition coefficient (Wildman–Crippen LogP) is 2.72. The predicted molar refractivity (Wildman–Crippen MR) is 62.1 cm³/mol. The Bertz CT molecular complexity index is 487. The van der Waals surface area contributed by atoms with Crippen molar-refractivity contribution in [3.05, 3.63) is 34.6 Å². The Morgan fingerprint density at radius 3 is 2.69 bits per heavy atom. The van der Waals surface area contributed by atoms with Gasteiger partial charge in [-0.2, -0.15) is 4.98 Å². The minimum atomic E-state index is -0.238. The Morgan fingerprint density at radius 2 is 2.12 bits per heavy atom. The number of nitrogens with two attached hydrogens (primary N) is 1. The van der Waals surface area contributed by atoms with Gasteiger partial charge >= 0.3 is 0 Å². The lowest BCUT2D eigenvalue weighted by Crippen LogP contribution is -2.06. The first-order valence-corrected chi connectivity index (χ1v) is 5.31. The van der Waals surface area contributed by atoms with Crippen LogP contribution in [0.15, 0.2) is 22.7 Å². The molecule has 0 aliphatic carbocycles. The number of hydrogen-bond donors (Lipinski definition) is 1. The van der Waals surface area contributed by atoms with Crippen molar-refractivity contribution in [1.29, 1.82) is 0 Å². The first-order valence-electron chi connectivity index (χ1n) is 4.93. The van der Waals surface area contributed by atoms with E-state index in [-0.39, 0.29) is 6.04 Å². The summed E-state index contributed by atoms with van der Waals surface area (Å²) in [5.41, 5.74) is 7.51. The minimum Gasteiger partial charge on any atom is -0.334 e. The van der Waals surface area contributed by atoms with Gasteiger partial charge in [0.2, 0.25) is 0 Å². The SMILES string of the molecule is Cc1cc(Cl)cc(-c2nc(C(C)N)no2)c1. The third kappa shape index (κ3) is 2.23. The molecule has 84 valence electrons. The highest BCUT2D eigenvalue weighted by Crippen LogP contribution is 2.23. The van der Waals surface area contributed by atoms with Crippen LogP contribution in [0, 0.1) is 6.92 Å². The molecule has 1 aromatic heterocycles. The Morgan fingerprint density at radius 1 is 1.38 bits per heavy atom. The Labute approximate surface area is 98.4 Å². The Balaban J connectivity index is 2.42. The van der Waals surface area contributed by atoms with Gasteiger partial charge in [0.15, 0.2) is 5.82 Å². The molecule has 0 fully saturated rings. The zero-order valence-corrected chi connectivity index (χ0v) is 9.82. The molecular formula is C11H12ClN3O. The van der Waals surface area contributed by atoms with Crippen LogP contribution >= 0.6 is 11.6 Å². The van der Waals surface area contributed by atoms with E-state index in [1.165, 1.54) is 0 Å². The van der Waals surface area contributed by atoms with E-state index in [0.717, 1.165) is 11.1 Å². The molecule has 2 rings (SSSR count). The highest BCUT2D eigenvalue weighted by Gasteiger charge is 2.12. The number of aryl methyl sites for hydroxylation is 1. The van der Waals surface area contributed by atoms with Crippen molar-refractivity contribution in [2.45, 2.75) is 19.9 Å². The molecule has 16 heavy (non-hydrogen) atoms. The van der Waals surface area contributed by atoms with E-state index in [1.54, 1.807) is 13.0 Å². The molecule has 0 amide bonds. The van der Waals surface area contributed by atoms with Crippen molar-refractivity contribution in [3.8, 4) is 11.5 Å². The monoisotopic (exact) mass is 237 g/mol. The van der Waals surface area contributed by atoms with Crippen molar-refractivity contribution >= 4 is 11.6 Å². The molecule has 1 atom stereocenters. The van der Waals surface area contributed by atoms with Crippen LogP contribution in [0.1, 0.15) is 24.4 Å². The van der Waals surface area contributed by atoms with E-state index in [4.69, 9.17) is 21.9 Å². The lowest BCUT2D eigenvalue weighted by Gasteiger charge is -1.98. The highest BCUT2D eigenvalue weighted by atomic mass is 35.5. The molecule has 2 aromatic rings. The first kappa shape index (κ1) is 11.1. The number of rotatable bonds is 2. The summed E-state index contributed by atoms with van der Waals surface area (Å²) in [4.78, 5) is 4.20. The van der Waals surface area contributed by atoms with Crippen molar-refractivity contribution in [2.75, 3.05) is 0 Å². The zero-order chi connectivity index (χ0) is 11.7. The maximum Gasteiger partial charge on any atom is 0.258 e. The molecule has 0 saturated heterocycles. The fourth-order valence-corrected chi connectivity index (χ4v) is 1.69. The number of aromatic nitrogens is 2.